The van der Waals surface area contributed by atoms with Gasteiger partial charge >= 0.3 is 0 Å². The zero-order chi connectivity index (χ0) is 24.8. The minimum absolute atomic E-state index is 0.128. The number of methoxy groups -OCH3 is 1. The Morgan fingerprint density at radius 1 is 1.17 bits per heavy atom. The second-order valence-corrected chi connectivity index (χ2v) is 11.3. The van der Waals surface area contributed by atoms with Crippen LogP contribution in [0.15, 0.2) is 53.6 Å². The van der Waals surface area contributed by atoms with E-state index in [0.717, 1.165) is 60.6 Å². The Hall–Kier alpha value is -1.54. The molecule has 0 aliphatic carbocycles. The van der Waals surface area contributed by atoms with Crippen molar-refractivity contribution in [1.82, 2.24) is 9.88 Å². The number of fused-ring (bicyclic) bond motifs is 1. The fraction of sp³-hybridized carbons (Fsp3) is 0.444. The fourth-order valence-electron chi connectivity index (χ4n) is 4.81. The van der Waals surface area contributed by atoms with Crippen LogP contribution in [0.5, 0.6) is 5.75 Å². The number of nitrogens with zero attached hydrogens (tertiary/aromatic N) is 2. The number of halogens is 2. The summed E-state index contributed by atoms with van der Waals surface area (Å²) < 4.78 is 5.36. The first-order valence-corrected chi connectivity index (χ1v) is 13.7. The highest BCUT2D eigenvalue weighted by atomic mass is 35.5. The standard InChI is InChI=1S/C27H32Cl2N2O3S/c1-34-20-5-6-24-22(16-20)26(23(29)17-30-24)25(33)7-8-27(18-32)9-11-31(12-10-27)13-14-35-21-4-2-3-19(28)15-21/h2-6,15-17,25,32-33H,7-14,18H2,1H3/t25-/m0/s1. The van der Waals surface area contributed by atoms with E-state index in [1.807, 2.05) is 48.2 Å². The third-order valence-electron chi connectivity index (χ3n) is 7.07. The molecule has 4 rings (SSSR count). The maximum atomic E-state index is 11.1. The maximum Gasteiger partial charge on any atom is 0.119 e. The molecule has 1 atom stereocenters. The van der Waals surface area contributed by atoms with E-state index in [-0.39, 0.29) is 12.0 Å². The van der Waals surface area contributed by atoms with Crippen LogP contribution in [-0.4, -0.2) is 59.2 Å². The molecule has 0 amide bonds. The number of pyridine rings is 1. The van der Waals surface area contributed by atoms with E-state index < -0.39 is 6.10 Å². The molecule has 0 radical (unpaired) electrons. The molecule has 1 aliphatic rings. The number of likely N-dealkylation sites (tertiary alicyclic amines) is 1. The molecule has 8 heteroatoms. The van der Waals surface area contributed by atoms with Gasteiger partial charge in [-0.3, -0.25) is 4.98 Å². The summed E-state index contributed by atoms with van der Waals surface area (Å²) in [5.74, 6) is 1.70. The highest BCUT2D eigenvalue weighted by molar-refractivity contribution is 7.99. The Kier molecular flexibility index (Phi) is 9.19. The van der Waals surface area contributed by atoms with Crippen LogP contribution >= 0.6 is 35.0 Å². The second-order valence-electron chi connectivity index (χ2n) is 9.26. The van der Waals surface area contributed by atoms with Gasteiger partial charge in [-0.2, -0.15) is 0 Å². The molecule has 0 saturated carbocycles. The summed E-state index contributed by atoms with van der Waals surface area (Å²) in [5, 5.41) is 23.4. The first kappa shape index (κ1) is 26.5. The van der Waals surface area contributed by atoms with Gasteiger partial charge in [0.05, 0.1) is 23.8 Å². The zero-order valence-electron chi connectivity index (χ0n) is 19.9. The number of aromatic nitrogens is 1. The molecule has 5 nitrogen and oxygen atoms in total. The number of aliphatic hydroxyl groups is 2. The van der Waals surface area contributed by atoms with Crippen molar-refractivity contribution in [3.05, 3.63) is 64.3 Å². The lowest BCUT2D eigenvalue weighted by Crippen LogP contribution is -2.43. The molecule has 1 aromatic heterocycles. The van der Waals surface area contributed by atoms with Crippen LogP contribution in [0, 0.1) is 5.41 Å². The molecule has 3 aromatic rings. The van der Waals surface area contributed by atoms with Crippen LogP contribution in [0.2, 0.25) is 10.0 Å². The Balaban J connectivity index is 1.33. The molecular weight excluding hydrogens is 503 g/mol. The molecule has 0 unspecified atom stereocenters. The fourth-order valence-corrected chi connectivity index (χ4v) is 6.31. The van der Waals surface area contributed by atoms with E-state index in [1.165, 1.54) is 4.90 Å². The smallest absolute Gasteiger partial charge is 0.119 e. The summed E-state index contributed by atoms with van der Waals surface area (Å²) in [4.78, 5) is 8.03. The molecule has 2 heterocycles. The van der Waals surface area contributed by atoms with E-state index in [1.54, 1.807) is 13.3 Å². The van der Waals surface area contributed by atoms with Crippen molar-refractivity contribution < 1.29 is 14.9 Å². The lowest BCUT2D eigenvalue weighted by molar-refractivity contribution is 0.0254. The minimum atomic E-state index is -0.740. The molecule has 188 valence electrons. The molecule has 0 spiro atoms. The molecular formula is C27H32Cl2N2O3S. The van der Waals surface area contributed by atoms with Gasteiger partial charge in [-0.15, -0.1) is 11.8 Å². The van der Waals surface area contributed by atoms with Crippen molar-refractivity contribution in [2.45, 2.75) is 36.7 Å². The van der Waals surface area contributed by atoms with Crippen LogP contribution < -0.4 is 4.74 Å². The molecule has 1 saturated heterocycles. The van der Waals surface area contributed by atoms with Crippen molar-refractivity contribution in [3.8, 4) is 5.75 Å². The summed E-state index contributed by atoms with van der Waals surface area (Å²) in [6.45, 7) is 3.02. The lowest BCUT2D eigenvalue weighted by atomic mass is 9.74. The number of thioether (sulfide) groups is 1. The Bertz CT molecular complexity index is 1140. The first-order valence-electron chi connectivity index (χ1n) is 11.9. The molecule has 0 bridgehead atoms. The van der Waals surface area contributed by atoms with E-state index in [4.69, 9.17) is 27.9 Å². The van der Waals surface area contributed by atoms with E-state index in [0.29, 0.717) is 22.8 Å². The Labute approximate surface area is 221 Å². The highest BCUT2D eigenvalue weighted by Gasteiger charge is 2.34. The molecule has 1 aliphatic heterocycles. The van der Waals surface area contributed by atoms with Gasteiger partial charge in [-0.05, 0) is 80.6 Å². The van der Waals surface area contributed by atoms with E-state index in [9.17, 15) is 10.2 Å². The van der Waals surface area contributed by atoms with Gasteiger partial charge in [0.2, 0.25) is 0 Å². The quantitative estimate of drug-likeness (QED) is 0.300. The van der Waals surface area contributed by atoms with Gasteiger partial charge in [-0.1, -0.05) is 29.3 Å². The van der Waals surface area contributed by atoms with Gasteiger partial charge < -0.3 is 19.8 Å². The molecule has 1 fully saturated rings. The molecule has 35 heavy (non-hydrogen) atoms. The van der Waals surface area contributed by atoms with Gasteiger partial charge in [-0.25, -0.2) is 0 Å². The average Bonchev–Trinajstić information content (AvgIpc) is 2.88. The lowest BCUT2D eigenvalue weighted by Gasteiger charge is -2.41. The van der Waals surface area contributed by atoms with Crippen LogP contribution in [0.25, 0.3) is 10.9 Å². The first-order chi connectivity index (χ1) is 16.9. The summed E-state index contributed by atoms with van der Waals surface area (Å²) in [7, 11) is 1.61. The van der Waals surface area contributed by atoms with Gasteiger partial charge in [0.25, 0.3) is 0 Å². The van der Waals surface area contributed by atoms with Crippen LogP contribution in [0.3, 0.4) is 0 Å². The van der Waals surface area contributed by atoms with Crippen molar-refractivity contribution in [2.75, 3.05) is 39.1 Å². The number of piperidine rings is 1. The SMILES string of the molecule is COc1ccc2ncc(Cl)c([C@@H](O)CCC3(CO)CCN(CCSc4cccc(Cl)c4)CC3)c2c1. The third kappa shape index (κ3) is 6.62. The van der Waals surface area contributed by atoms with Crippen LogP contribution in [-0.2, 0) is 0 Å². The van der Waals surface area contributed by atoms with Crippen molar-refractivity contribution in [3.63, 3.8) is 0 Å². The number of hydrogen-bond acceptors (Lipinski definition) is 6. The van der Waals surface area contributed by atoms with Crippen molar-refractivity contribution >= 4 is 45.9 Å². The van der Waals surface area contributed by atoms with Crippen LogP contribution in [0.1, 0.15) is 37.4 Å². The summed E-state index contributed by atoms with van der Waals surface area (Å²) in [5.41, 5.74) is 1.27. The van der Waals surface area contributed by atoms with Crippen molar-refractivity contribution in [1.29, 1.82) is 0 Å². The predicted octanol–water partition coefficient (Wildman–Crippen LogP) is 6.23. The van der Waals surface area contributed by atoms with Gasteiger partial charge in [0, 0.05) is 46.0 Å². The van der Waals surface area contributed by atoms with Gasteiger partial charge in [0.15, 0.2) is 0 Å². The number of ether oxygens (including phenoxy) is 1. The van der Waals surface area contributed by atoms with Gasteiger partial charge in [0.1, 0.15) is 5.75 Å². The molecule has 2 aromatic carbocycles. The average molecular weight is 536 g/mol. The predicted molar refractivity (Wildman–Crippen MR) is 145 cm³/mol. The minimum Gasteiger partial charge on any atom is -0.497 e. The van der Waals surface area contributed by atoms with Crippen molar-refractivity contribution in [2.24, 2.45) is 5.41 Å². The normalized spacial score (nSPS) is 16.9. The van der Waals surface area contributed by atoms with E-state index in [2.05, 4.69) is 16.0 Å². The highest BCUT2D eigenvalue weighted by Crippen LogP contribution is 2.40. The summed E-state index contributed by atoms with van der Waals surface area (Å²) in [6, 6.07) is 13.5. The summed E-state index contributed by atoms with van der Waals surface area (Å²) in [6.07, 6.45) is 3.95. The maximum absolute atomic E-state index is 11.1. The Morgan fingerprint density at radius 2 is 1.97 bits per heavy atom. The number of rotatable bonds is 10. The number of hydrogen-bond donors (Lipinski definition) is 2. The second kappa shape index (κ2) is 12.1. The topological polar surface area (TPSA) is 65.8 Å². The van der Waals surface area contributed by atoms with E-state index >= 15 is 0 Å². The third-order valence-corrected chi connectivity index (χ3v) is 8.58. The molecule has 2 N–H and O–H groups in total. The monoisotopic (exact) mass is 534 g/mol. The number of benzene rings is 2. The zero-order valence-corrected chi connectivity index (χ0v) is 22.2. The Morgan fingerprint density at radius 3 is 2.69 bits per heavy atom. The number of aliphatic hydroxyl groups excluding tert-OH is 2. The largest absolute Gasteiger partial charge is 0.497 e. The summed E-state index contributed by atoms with van der Waals surface area (Å²) >= 11 is 14.4. The van der Waals surface area contributed by atoms with Crippen LogP contribution in [0.4, 0.5) is 0 Å².